The molecule has 4 N–H and O–H groups in total. The Labute approximate surface area is 103 Å². The lowest BCUT2D eigenvalue weighted by molar-refractivity contribution is -0.138. The summed E-state index contributed by atoms with van der Waals surface area (Å²) in [6.07, 6.45) is 1.09. The lowest BCUT2D eigenvalue weighted by Gasteiger charge is -2.26. The molecule has 0 aromatic carbocycles. The monoisotopic (exact) mass is 244 g/mol. The fourth-order valence-corrected chi connectivity index (χ4v) is 1.62. The number of hydrogen-bond donors (Lipinski definition) is 3. The van der Waals surface area contributed by atoms with Crippen LogP contribution in [0.3, 0.4) is 0 Å². The van der Waals surface area contributed by atoms with E-state index in [9.17, 15) is 9.59 Å². The smallest absolute Gasteiger partial charge is 0.305 e. The number of carboxylic acids is 1. The molecule has 0 saturated carbocycles. The van der Waals surface area contributed by atoms with E-state index in [0.717, 1.165) is 0 Å². The Balaban J connectivity index is 4.48. The summed E-state index contributed by atoms with van der Waals surface area (Å²) in [7, 11) is 0. The van der Waals surface area contributed by atoms with Crippen LogP contribution in [0.2, 0.25) is 0 Å². The van der Waals surface area contributed by atoms with Crippen molar-refractivity contribution in [2.24, 2.45) is 11.1 Å². The van der Waals surface area contributed by atoms with Crippen LogP contribution in [0.5, 0.6) is 0 Å². The van der Waals surface area contributed by atoms with E-state index < -0.39 is 12.0 Å². The summed E-state index contributed by atoms with van der Waals surface area (Å²) < 4.78 is 0. The second-order valence-electron chi connectivity index (χ2n) is 5.58. The van der Waals surface area contributed by atoms with Crippen molar-refractivity contribution in [1.82, 2.24) is 5.32 Å². The summed E-state index contributed by atoms with van der Waals surface area (Å²) in [5.74, 6) is -1.19. The van der Waals surface area contributed by atoms with Gasteiger partial charge in [0.05, 0.1) is 12.5 Å². The molecule has 0 saturated heterocycles. The molecule has 0 bridgehead atoms. The summed E-state index contributed by atoms with van der Waals surface area (Å²) in [5, 5.41) is 11.5. The van der Waals surface area contributed by atoms with Crippen LogP contribution in [0.4, 0.5) is 0 Å². The molecular formula is C12H24N2O3. The third-order valence-corrected chi connectivity index (χ3v) is 2.40. The lowest BCUT2D eigenvalue weighted by Crippen LogP contribution is -2.46. The van der Waals surface area contributed by atoms with Gasteiger partial charge in [-0.3, -0.25) is 9.59 Å². The number of nitrogens with one attached hydrogen (secondary N) is 1. The molecule has 1 amide bonds. The number of aliphatic carboxylic acids is 1. The topological polar surface area (TPSA) is 92.4 Å². The van der Waals surface area contributed by atoms with Crippen LogP contribution in [0.25, 0.3) is 0 Å². The number of carboxylic acid groups (broad SMARTS) is 1. The third kappa shape index (κ3) is 7.74. The second-order valence-corrected chi connectivity index (χ2v) is 5.58. The van der Waals surface area contributed by atoms with Crippen LogP contribution in [-0.2, 0) is 9.59 Å². The Morgan fingerprint density at radius 3 is 2.24 bits per heavy atom. The van der Waals surface area contributed by atoms with Gasteiger partial charge in [0, 0.05) is 6.04 Å². The van der Waals surface area contributed by atoms with Crippen LogP contribution in [-0.4, -0.2) is 29.1 Å². The van der Waals surface area contributed by atoms with E-state index in [0.29, 0.717) is 12.8 Å². The van der Waals surface area contributed by atoms with Gasteiger partial charge in [-0.1, -0.05) is 27.7 Å². The molecule has 0 aromatic rings. The Morgan fingerprint density at radius 1 is 1.35 bits per heavy atom. The third-order valence-electron chi connectivity index (χ3n) is 2.40. The van der Waals surface area contributed by atoms with Crippen LogP contribution < -0.4 is 11.1 Å². The summed E-state index contributed by atoms with van der Waals surface area (Å²) in [6.45, 7) is 7.84. The zero-order chi connectivity index (χ0) is 13.6. The molecule has 0 rings (SSSR count). The van der Waals surface area contributed by atoms with Gasteiger partial charge in [0.25, 0.3) is 0 Å². The maximum Gasteiger partial charge on any atom is 0.305 e. The van der Waals surface area contributed by atoms with Crippen LogP contribution in [0.1, 0.15) is 47.0 Å². The maximum atomic E-state index is 11.6. The van der Waals surface area contributed by atoms with Gasteiger partial charge >= 0.3 is 5.97 Å². The minimum atomic E-state index is -0.912. The van der Waals surface area contributed by atoms with Gasteiger partial charge in [0.2, 0.25) is 5.91 Å². The van der Waals surface area contributed by atoms with Crippen molar-refractivity contribution in [2.45, 2.75) is 59.0 Å². The standard InChI is InChI=1S/C12H24N2O3/c1-5-9(13)11(17)14-8(6-10(15)16)7-12(2,3)4/h8-9H,5-7,13H2,1-4H3,(H,14,17)(H,15,16)/t8?,9-/m0/s1. The number of rotatable bonds is 6. The molecule has 0 aliphatic rings. The molecule has 100 valence electrons. The van der Waals surface area contributed by atoms with Gasteiger partial charge in [-0.05, 0) is 18.3 Å². The highest BCUT2D eigenvalue weighted by Crippen LogP contribution is 2.22. The van der Waals surface area contributed by atoms with Crippen molar-refractivity contribution in [2.75, 3.05) is 0 Å². The number of carbonyl (C=O) groups excluding carboxylic acids is 1. The van der Waals surface area contributed by atoms with E-state index in [1.165, 1.54) is 0 Å². The molecule has 0 aliphatic heterocycles. The molecule has 2 atom stereocenters. The summed E-state index contributed by atoms with van der Waals surface area (Å²) >= 11 is 0. The van der Waals surface area contributed by atoms with Gasteiger partial charge < -0.3 is 16.2 Å². The quantitative estimate of drug-likeness (QED) is 0.652. The molecule has 5 heteroatoms. The average molecular weight is 244 g/mol. The van der Waals surface area contributed by atoms with Crippen LogP contribution in [0, 0.1) is 5.41 Å². The number of nitrogens with two attached hydrogens (primary N) is 1. The predicted molar refractivity (Wildman–Crippen MR) is 66.5 cm³/mol. The highest BCUT2D eigenvalue weighted by atomic mass is 16.4. The lowest BCUT2D eigenvalue weighted by atomic mass is 9.87. The largest absolute Gasteiger partial charge is 0.481 e. The van der Waals surface area contributed by atoms with Crippen molar-refractivity contribution in [3.63, 3.8) is 0 Å². The van der Waals surface area contributed by atoms with Crippen molar-refractivity contribution >= 4 is 11.9 Å². The van der Waals surface area contributed by atoms with Gasteiger partial charge in [-0.2, -0.15) is 0 Å². The SMILES string of the molecule is CC[C@H](N)C(=O)NC(CC(=O)O)CC(C)(C)C. The summed E-state index contributed by atoms with van der Waals surface area (Å²) in [6, 6.07) is -0.927. The zero-order valence-corrected chi connectivity index (χ0v) is 11.1. The second kappa shape index (κ2) is 6.59. The van der Waals surface area contributed by atoms with Crippen molar-refractivity contribution < 1.29 is 14.7 Å². The Morgan fingerprint density at radius 2 is 1.88 bits per heavy atom. The van der Waals surface area contributed by atoms with E-state index in [1.54, 1.807) is 0 Å². The Hall–Kier alpha value is -1.10. The summed E-state index contributed by atoms with van der Waals surface area (Å²) in [5.41, 5.74) is 5.56. The molecule has 0 aromatic heterocycles. The van der Waals surface area contributed by atoms with Gasteiger partial charge in [0.15, 0.2) is 0 Å². The van der Waals surface area contributed by atoms with E-state index in [1.807, 2.05) is 27.7 Å². The first-order chi connectivity index (χ1) is 7.65. The summed E-state index contributed by atoms with van der Waals surface area (Å²) in [4.78, 5) is 22.4. The van der Waals surface area contributed by atoms with Crippen molar-refractivity contribution in [1.29, 1.82) is 0 Å². The average Bonchev–Trinajstić information content (AvgIpc) is 2.12. The predicted octanol–water partition coefficient (Wildman–Crippen LogP) is 1.12. The van der Waals surface area contributed by atoms with Crippen molar-refractivity contribution in [3.8, 4) is 0 Å². The van der Waals surface area contributed by atoms with Gasteiger partial charge in [0.1, 0.15) is 0 Å². The molecule has 5 nitrogen and oxygen atoms in total. The first-order valence-corrected chi connectivity index (χ1v) is 5.93. The minimum Gasteiger partial charge on any atom is -0.481 e. The Bertz CT molecular complexity index is 271. The molecule has 0 aliphatic carbocycles. The fourth-order valence-electron chi connectivity index (χ4n) is 1.62. The fraction of sp³-hybridized carbons (Fsp3) is 0.833. The normalized spacial score (nSPS) is 15.1. The van der Waals surface area contributed by atoms with Gasteiger partial charge in [-0.25, -0.2) is 0 Å². The van der Waals surface area contributed by atoms with Crippen LogP contribution >= 0.6 is 0 Å². The molecule has 0 radical (unpaired) electrons. The van der Waals surface area contributed by atoms with E-state index in [4.69, 9.17) is 10.8 Å². The number of carbonyl (C=O) groups is 2. The molecule has 1 unspecified atom stereocenters. The number of hydrogen-bond acceptors (Lipinski definition) is 3. The first kappa shape index (κ1) is 15.9. The van der Waals surface area contributed by atoms with E-state index in [2.05, 4.69) is 5.32 Å². The van der Waals surface area contributed by atoms with E-state index in [-0.39, 0.29) is 23.8 Å². The molecular weight excluding hydrogens is 220 g/mol. The highest BCUT2D eigenvalue weighted by Gasteiger charge is 2.24. The van der Waals surface area contributed by atoms with Crippen LogP contribution in [0.15, 0.2) is 0 Å². The maximum absolute atomic E-state index is 11.6. The molecule has 0 fully saturated rings. The highest BCUT2D eigenvalue weighted by molar-refractivity contribution is 5.82. The van der Waals surface area contributed by atoms with Crippen molar-refractivity contribution in [3.05, 3.63) is 0 Å². The first-order valence-electron chi connectivity index (χ1n) is 5.93. The zero-order valence-electron chi connectivity index (χ0n) is 11.1. The number of amides is 1. The minimum absolute atomic E-state index is 0.0380. The molecule has 0 spiro atoms. The Kier molecular flexibility index (Phi) is 6.16. The molecule has 0 heterocycles. The van der Waals surface area contributed by atoms with Gasteiger partial charge in [-0.15, -0.1) is 0 Å². The molecule has 17 heavy (non-hydrogen) atoms. The van der Waals surface area contributed by atoms with E-state index >= 15 is 0 Å².